The summed E-state index contributed by atoms with van der Waals surface area (Å²) in [6, 6.07) is 16.1. The Balaban J connectivity index is 2.36. The Morgan fingerprint density at radius 3 is 2.11 bits per heavy atom. The highest BCUT2D eigenvalue weighted by Gasteiger charge is 2.20. The quantitative estimate of drug-likeness (QED) is 0.722. The monoisotopic (exact) mass is 252 g/mol. The molecule has 1 atom stereocenters. The molecule has 0 heterocycles. The standard InChI is InChI=1S/C18H20O/c1-4-17(15-8-6-5-7-9-15)18(19)16-11-13(2)10-14(3)12-16/h5-12,17H,4H2,1-3H3. The van der Waals surface area contributed by atoms with Gasteiger partial charge in [-0.3, -0.25) is 4.79 Å². The minimum absolute atomic E-state index is 0.0394. The third-order valence-electron chi connectivity index (χ3n) is 3.43. The van der Waals surface area contributed by atoms with Crippen LogP contribution in [0.25, 0.3) is 0 Å². The number of rotatable bonds is 4. The molecule has 2 aromatic rings. The molecule has 2 rings (SSSR count). The lowest BCUT2D eigenvalue weighted by Crippen LogP contribution is -2.12. The molecule has 0 spiro atoms. The molecule has 0 aliphatic carbocycles. The van der Waals surface area contributed by atoms with Gasteiger partial charge in [0.2, 0.25) is 0 Å². The van der Waals surface area contributed by atoms with E-state index in [0.717, 1.165) is 28.7 Å². The third-order valence-corrected chi connectivity index (χ3v) is 3.43. The Hall–Kier alpha value is -1.89. The van der Waals surface area contributed by atoms with E-state index in [4.69, 9.17) is 0 Å². The van der Waals surface area contributed by atoms with E-state index >= 15 is 0 Å². The zero-order valence-corrected chi connectivity index (χ0v) is 11.8. The highest BCUT2D eigenvalue weighted by molar-refractivity contribution is 6.01. The number of aryl methyl sites for hydroxylation is 2. The molecule has 2 aromatic carbocycles. The lowest BCUT2D eigenvalue weighted by atomic mass is 9.88. The topological polar surface area (TPSA) is 17.1 Å². The molecule has 0 aliphatic heterocycles. The van der Waals surface area contributed by atoms with Crippen molar-refractivity contribution in [2.75, 3.05) is 0 Å². The van der Waals surface area contributed by atoms with Gasteiger partial charge in [0.05, 0.1) is 0 Å². The number of ketones is 1. The van der Waals surface area contributed by atoms with Gasteiger partial charge in [-0.25, -0.2) is 0 Å². The van der Waals surface area contributed by atoms with Crippen molar-refractivity contribution < 1.29 is 4.79 Å². The summed E-state index contributed by atoms with van der Waals surface area (Å²) in [5.41, 5.74) is 4.22. The fraction of sp³-hybridized carbons (Fsp3) is 0.278. The van der Waals surface area contributed by atoms with Gasteiger partial charge in [0.1, 0.15) is 0 Å². The van der Waals surface area contributed by atoms with Crippen LogP contribution in [0.2, 0.25) is 0 Å². The van der Waals surface area contributed by atoms with Crippen LogP contribution in [0.4, 0.5) is 0 Å². The number of Topliss-reactive ketones (excluding diaryl/α,β-unsaturated/α-hetero) is 1. The molecule has 0 saturated carbocycles. The maximum Gasteiger partial charge on any atom is 0.170 e. The number of hydrogen-bond donors (Lipinski definition) is 0. The number of carbonyl (C=O) groups is 1. The predicted octanol–water partition coefficient (Wildman–Crippen LogP) is 4.68. The lowest BCUT2D eigenvalue weighted by Gasteiger charge is -2.15. The number of hydrogen-bond acceptors (Lipinski definition) is 1. The van der Waals surface area contributed by atoms with Crippen LogP contribution in [-0.2, 0) is 0 Å². The molecule has 0 N–H and O–H groups in total. The second-order valence-electron chi connectivity index (χ2n) is 5.11. The van der Waals surface area contributed by atoms with E-state index in [1.165, 1.54) is 0 Å². The summed E-state index contributed by atoms with van der Waals surface area (Å²) in [5, 5.41) is 0. The summed E-state index contributed by atoms with van der Waals surface area (Å²) >= 11 is 0. The lowest BCUT2D eigenvalue weighted by molar-refractivity contribution is 0.0957. The fourth-order valence-electron chi connectivity index (χ4n) is 2.58. The van der Waals surface area contributed by atoms with Gasteiger partial charge in [-0.2, -0.15) is 0 Å². The van der Waals surface area contributed by atoms with E-state index in [9.17, 15) is 4.79 Å². The normalized spacial score (nSPS) is 12.2. The second-order valence-corrected chi connectivity index (χ2v) is 5.11. The number of benzene rings is 2. The van der Waals surface area contributed by atoms with E-state index < -0.39 is 0 Å². The smallest absolute Gasteiger partial charge is 0.170 e. The Labute approximate surface area is 115 Å². The summed E-state index contributed by atoms with van der Waals surface area (Å²) < 4.78 is 0. The van der Waals surface area contributed by atoms with Crippen molar-refractivity contribution in [1.29, 1.82) is 0 Å². The molecule has 0 fully saturated rings. The molecular weight excluding hydrogens is 232 g/mol. The van der Waals surface area contributed by atoms with Crippen LogP contribution in [0.3, 0.4) is 0 Å². The molecule has 0 saturated heterocycles. The van der Waals surface area contributed by atoms with E-state index in [2.05, 4.69) is 13.0 Å². The summed E-state index contributed by atoms with van der Waals surface area (Å²) in [4.78, 5) is 12.7. The van der Waals surface area contributed by atoms with Crippen LogP contribution in [0.1, 0.15) is 46.3 Å². The zero-order chi connectivity index (χ0) is 13.8. The molecule has 98 valence electrons. The van der Waals surface area contributed by atoms with Crippen LogP contribution < -0.4 is 0 Å². The summed E-state index contributed by atoms with van der Waals surface area (Å²) in [6.07, 6.45) is 0.829. The van der Waals surface area contributed by atoms with Crippen LogP contribution in [0, 0.1) is 13.8 Å². The summed E-state index contributed by atoms with van der Waals surface area (Å²) in [5.74, 6) is 0.183. The van der Waals surface area contributed by atoms with Crippen molar-refractivity contribution in [2.45, 2.75) is 33.1 Å². The van der Waals surface area contributed by atoms with Gasteiger partial charge in [-0.1, -0.05) is 54.4 Å². The third kappa shape index (κ3) is 3.11. The molecule has 0 bridgehead atoms. The first-order valence-corrected chi connectivity index (χ1v) is 6.79. The van der Waals surface area contributed by atoms with E-state index in [-0.39, 0.29) is 11.7 Å². The summed E-state index contributed by atoms with van der Waals surface area (Å²) in [6.45, 7) is 6.14. The maximum absolute atomic E-state index is 12.7. The first-order chi connectivity index (χ1) is 9.11. The van der Waals surface area contributed by atoms with Gasteiger partial charge < -0.3 is 0 Å². The zero-order valence-electron chi connectivity index (χ0n) is 11.8. The van der Waals surface area contributed by atoms with E-state index in [1.54, 1.807) is 0 Å². The minimum atomic E-state index is -0.0394. The Kier molecular flexibility index (Phi) is 4.16. The molecule has 1 unspecified atom stereocenters. The van der Waals surface area contributed by atoms with Crippen molar-refractivity contribution in [3.05, 3.63) is 70.8 Å². The van der Waals surface area contributed by atoms with Gasteiger partial charge in [0.25, 0.3) is 0 Å². The van der Waals surface area contributed by atoms with Crippen molar-refractivity contribution in [3.8, 4) is 0 Å². The van der Waals surface area contributed by atoms with Crippen LogP contribution in [0.5, 0.6) is 0 Å². The average molecular weight is 252 g/mol. The molecule has 0 amide bonds. The van der Waals surface area contributed by atoms with Crippen LogP contribution in [0.15, 0.2) is 48.5 Å². The van der Waals surface area contributed by atoms with Gasteiger partial charge in [-0.15, -0.1) is 0 Å². The maximum atomic E-state index is 12.7. The van der Waals surface area contributed by atoms with Crippen LogP contribution >= 0.6 is 0 Å². The first-order valence-electron chi connectivity index (χ1n) is 6.79. The molecule has 0 radical (unpaired) electrons. The average Bonchev–Trinajstić information content (AvgIpc) is 2.39. The first kappa shape index (κ1) is 13.5. The van der Waals surface area contributed by atoms with Gasteiger partial charge in [-0.05, 0) is 38.0 Å². The Morgan fingerprint density at radius 2 is 1.58 bits per heavy atom. The Morgan fingerprint density at radius 1 is 1.00 bits per heavy atom. The highest BCUT2D eigenvalue weighted by atomic mass is 16.1. The second kappa shape index (κ2) is 5.83. The van der Waals surface area contributed by atoms with Crippen molar-refractivity contribution in [3.63, 3.8) is 0 Å². The van der Waals surface area contributed by atoms with Crippen LogP contribution in [-0.4, -0.2) is 5.78 Å². The molecule has 0 aromatic heterocycles. The van der Waals surface area contributed by atoms with Crippen molar-refractivity contribution >= 4 is 5.78 Å². The molecule has 19 heavy (non-hydrogen) atoms. The number of carbonyl (C=O) groups excluding carboxylic acids is 1. The molecule has 0 aliphatic rings. The molecule has 1 nitrogen and oxygen atoms in total. The highest BCUT2D eigenvalue weighted by Crippen LogP contribution is 2.25. The predicted molar refractivity (Wildman–Crippen MR) is 79.7 cm³/mol. The minimum Gasteiger partial charge on any atom is -0.293 e. The summed E-state index contributed by atoms with van der Waals surface area (Å²) in [7, 11) is 0. The largest absolute Gasteiger partial charge is 0.293 e. The van der Waals surface area contributed by atoms with Gasteiger partial charge in [0, 0.05) is 11.5 Å². The molecule has 1 heteroatoms. The van der Waals surface area contributed by atoms with Crippen molar-refractivity contribution in [1.82, 2.24) is 0 Å². The Bertz CT molecular complexity index is 549. The fourth-order valence-corrected chi connectivity index (χ4v) is 2.58. The van der Waals surface area contributed by atoms with Crippen molar-refractivity contribution in [2.24, 2.45) is 0 Å². The molecular formula is C18H20O. The van der Waals surface area contributed by atoms with E-state index in [1.807, 2.05) is 56.3 Å². The van der Waals surface area contributed by atoms with Gasteiger partial charge in [0.15, 0.2) is 5.78 Å². The van der Waals surface area contributed by atoms with Gasteiger partial charge >= 0.3 is 0 Å². The SMILES string of the molecule is CCC(C(=O)c1cc(C)cc(C)c1)c1ccccc1. The van der Waals surface area contributed by atoms with E-state index in [0.29, 0.717) is 0 Å².